The van der Waals surface area contributed by atoms with Crippen LogP contribution >= 0.6 is 11.6 Å². The number of carbonyl (C=O) groups is 2. The van der Waals surface area contributed by atoms with Crippen LogP contribution in [0.25, 0.3) is 11.0 Å². The van der Waals surface area contributed by atoms with Crippen LogP contribution in [0.15, 0.2) is 22.6 Å². The van der Waals surface area contributed by atoms with Gasteiger partial charge in [0.25, 0.3) is 5.91 Å². The SMILES string of the molecule is CCC[C@@H](NC(=O)c1oc2ccc(Cl)cc2c1C)C(=O)O. The van der Waals surface area contributed by atoms with Crippen molar-refractivity contribution in [2.75, 3.05) is 0 Å². The predicted octanol–water partition coefficient (Wildman–Crippen LogP) is 3.38. The summed E-state index contributed by atoms with van der Waals surface area (Å²) in [7, 11) is 0. The van der Waals surface area contributed by atoms with Crippen LogP contribution in [0.5, 0.6) is 0 Å². The molecule has 0 radical (unpaired) electrons. The van der Waals surface area contributed by atoms with Crippen molar-refractivity contribution in [2.24, 2.45) is 0 Å². The Morgan fingerprint density at radius 2 is 2.14 bits per heavy atom. The Kier molecular flexibility index (Phi) is 4.53. The van der Waals surface area contributed by atoms with Crippen molar-refractivity contribution in [1.82, 2.24) is 5.32 Å². The van der Waals surface area contributed by atoms with E-state index in [1.807, 2.05) is 6.92 Å². The minimum Gasteiger partial charge on any atom is -0.480 e. The first-order valence-corrected chi connectivity index (χ1v) is 7.04. The Morgan fingerprint density at radius 1 is 1.43 bits per heavy atom. The van der Waals surface area contributed by atoms with Gasteiger partial charge in [-0.15, -0.1) is 0 Å². The number of halogens is 1. The third kappa shape index (κ3) is 3.19. The Hall–Kier alpha value is -2.01. The number of hydrogen-bond acceptors (Lipinski definition) is 3. The summed E-state index contributed by atoms with van der Waals surface area (Å²) in [5.41, 5.74) is 1.19. The van der Waals surface area contributed by atoms with Crippen LogP contribution in [0.2, 0.25) is 5.02 Å². The van der Waals surface area contributed by atoms with Crippen LogP contribution < -0.4 is 5.32 Å². The fraction of sp³-hybridized carbons (Fsp3) is 0.333. The molecule has 6 heteroatoms. The molecule has 0 fully saturated rings. The average molecular weight is 310 g/mol. The second-order valence-electron chi connectivity index (χ2n) is 4.85. The molecule has 0 unspecified atom stereocenters. The number of nitrogens with one attached hydrogen (secondary N) is 1. The summed E-state index contributed by atoms with van der Waals surface area (Å²) in [5.74, 6) is -1.46. The fourth-order valence-electron chi connectivity index (χ4n) is 2.18. The summed E-state index contributed by atoms with van der Waals surface area (Å²) in [6.07, 6.45) is 1.03. The molecule has 0 aliphatic heterocycles. The second kappa shape index (κ2) is 6.18. The number of carboxylic acid groups (broad SMARTS) is 1. The van der Waals surface area contributed by atoms with Crippen molar-refractivity contribution in [3.05, 3.63) is 34.5 Å². The number of aliphatic carboxylic acids is 1. The number of hydrogen-bond donors (Lipinski definition) is 2. The van der Waals surface area contributed by atoms with Crippen LogP contribution in [-0.4, -0.2) is 23.0 Å². The highest BCUT2D eigenvalue weighted by atomic mass is 35.5. The van der Waals surface area contributed by atoms with Gasteiger partial charge < -0.3 is 14.8 Å². The van der Waals surface area contributed by atoms with Gasteiger partial charge in [0.15, 0.2) is 5.76 Å². The molecule has 1 aromatic heterocycles. The zero-order valence-electron chi connectivity index (χ0n) is 11.8. The molecule has 0 aliphatic carbocycles. The highest BCUT2D eigenvalue weighted by Gasteiger charge is 2.24. The van der Waals surface area contributed by atoms with Gasteiger partial charge in [0, 0.05) is 16.0 Å². The molecule has 0 spiro atoms. The molecule has 2 rings (SSSR count). The van der Waals surface area contributed by atoms with E-state index in [1.165, 1.54) is 0 Å². The second-order valence-corrected chi connectivity index (χ2v) is 5.29. The van der Waals surface area contributed by atoms with Crippen molar-refractivity contribution < 1.29 is 19.1 Å². The molecule has 1 atom stereocenters. The van der Waals surface area contributed by atoms with E-state index in [0.717, 1.165) is 5.39 Å². The molecule has 0 bridgehead atoms. The molecular weight excluding hydrogens is 294 g/mol. The lowest BCUT2D eigenvalue weighted by atomic mass is 10.1. The van der Waals surface area contributed by atoms with Crippen molar-refractivity contribution in [3.8, 4) is 0 Å². The van der Waals surface area contributed by atoms with Gasteiger partial charge in [-0.25, -0.2) is 4.79 Å². The zero-order valence-corrected chi connectivity index (χ0v) is 12.5. The van der Waals surface area contributed by atoms with Gasteiger partial charge in [0.1, 0.15) is 11.6 Å². The summed E-state index contributed by atoms with van der Waals surface area (Å²) in [6.45, 7) is 3.60. The lowest BCUT2D eigenvalue weighted by molar-refractivity contribution is -0.139. The van der Waals surface area contributed by atoms with Crippen molar-refractivity contribution in [1.29, 1.82) is 0 Å². The first-order valence-electron chi connectivity index (χ1n) is 6.66. The smallest absolute Gasteiger partial charge is 0.326 e. The van der Waals surface area contributed by atoms with Gasteiger partial charge in [-0.1, -0.05) is 24.9 Å². The third-order valence-electron chi connectivity index (χ3n) is 3.29. The topological polar surface area (TPSA) is 79.5 Å². The molecule has 5 nitrogen and oxygen atoms in total. The van der Waals surface area contributed by atoms with Gasteiger partial charge in [0.05, 0.1) is 0 Å². The van der Waals surface area contributed by atoms with E-state index in [9.17, 15) is 9.59 Å². The van der Waals surface area contributed by atoms with E-state index in [4.69, 9.17) is 21.1 Å². The lowest BCUT2D eigenvalue weighted by Gasteiger charge is -2.12. The summed E-state index contributed by atoms with van der Waals surface area (Å²) in [4.78, 5) is 23.3. The lowest BCUT2D eigenvalue weighted by Crippen LogP contribution is -2.40. The number of aryl methyl sites for hydroxylation is 1. The first kappa shape index (κ1) is 15.4. The van der Waals surface area contributed by atoms with Crippen molar-refractivity contribution in [3.63, 3.8) is 0 Å². The van der Waals surface area contributed by atoms with Gasteiger partial charge in [-0.3, -0.25) is 4.79 Å². The number of furan rings is 1. The number of rotatable bonds is 5. The molecule has 2 aromatic rings. The molecule has 21 heavy (non-hydrogen) atoms. The number of amides is 1. The molecule has 0 aliphatic rings. The highest BCUT2D eigenvalue weighted by molar-refractivity contribution is 6.31. The van der Waals surface area contributed by atoms with Gasteiger partial charge in [-0.2, -0.15) is 0 Å². The summed E-state index contributed by atoms with van der Waals surface area (Å²) in [6, 6.07) is 4.15. The van der Waals surface area contributed by atoms with Crippen molar-refractivity contribution >= 4 is 34.4 Å². The first-order chi connectivity index (χ1) is 9.93. The number of benzene rings is 1. The molecule has 2 N–H and O–H groups in total. The summed E-state index contributed by atoms with van der Waals surface area (Å²) >= 11 is 5.93. The fourth-order valence-corrected chi connectivity index (χ4v) is 2.35. The van der Waals surface area contributed by atoms with Gasteiger partial charge in [-0.05, 0) is 31.5 Å². The molecule has 1 aromatic carbocycles. The predicted molar refractivity (Wildman–Crippen MR) is 79.8 cm³/mol. The Morgan fingerprint density at radius 3 is 2.76 bits per heavy atom. The van der Waals surface area contributed by atoms with E-state index >= 15 is 0 Å². The maximum Gasteiger partial charge on any atom is 0.326 e. The maximum atomic E-state index is 12.2. The molecule has 0 saturated heterocycles. The van der Waals surface area contributed by atoms with E-state index in [2.05, 4.69) is 5.32 Å². The van der Waals surface area contributed by atoms with Crippen LogP contribution in [0.3, 0.4) is 0 Å². The van der Waals surface area contributed by atoms with Crippen LogP contribution in [0.4, 0.5) is 0 Å². The van der Waals surface area contributed by atoms with E-state index in [1.54, 1.807) is 25.1 Å². The molecule has 1 heterocycles. The monoisotopic (exact) mass is 309 g/mol. The Labute approximate surface area is 126 Å². The number of carbonyl (C=O) groups excluding carboxylic acids is 1. The zero-order chi connectivity index (χ0) is 15.6. The van der Waals surface area contributed by atoms with Gasteiger partial charge >= 0.3 is 5.97 Å². The maximum absolute atomic E-state index is 12.2. The Bertz CT molecular complexity index is 692. The highest BCUT2D eigenvalue weighted by Crippen LogP contribution is 2.27. The molecule has 112 valence electrons. The van der Waals surface area contributed by atoms with Crippen LogP contribution in [0.1, 0.15) is 35.9 Å². The minimum absolute atomic E-state index is 0.120. The largest absolute Gasteiger partial charge is 0.480 e. The quantitative estimate of drug-likeness (QED) is 0.887. The Balaban J connectivity index is 2.31. The minimum atomic E-state index is -1.05. The molecular formula is C15H16ClNO4. The molecule has 0 saturated carbocycles. The number of fused-ring (bicyclic) bond motifs is 1. The normalized spacial score (nSPS) is 12.3. The summed E-state index contributed by atoms with van der Waals surface area (Å²) in [5, 5.41) is 12.9. The standard InChI is InChI=1S/C15H16ClNO4/c1-3-4-11(15(19)20)17-14(18)13-8(2)10-7-9(16)5-6-12(10)21-13/h5-7,11H,3-4H2,1-2H3,(H,17,18)(H,19,20)/t11-/m1/s1. The van der Waals surface area contributed by atoms with Crippen molar-refractivity contribution in [2.45, 2.75) is 32.7 Å². The van der Waals surface area contributed by atoms with Gasteiger partial charge in [0.2, 0.25) is 0 Å². The molecule has 1 amide bonds. The average Bonchev–Trinajstić information content (AvgIpc) is 2.75. The van der Waals surface area contributed by atoms with E-state index in [-0.39, 0.29) is 5.76 Å². The number of carboxylic acids is 1. The third-order valence-corrected chi connectivity index (χ3v) is 3.52. The summed E-state index contributed by atoms with van der Waals surface area (Å²) < 4.78 is 5.51. The van der Waals surface area contributed by atoms with E-state index in [0.29, 0.717) is 29.0 Å². The van der Waals surface area contributed by atoms with E-state index < -0.39 is 17.9 Å². The van der Waals surface area contributed by atoms with Crippen LogP contribution in [0, 0.1) is 6.92 Å². The van der Waals surface area contributed by atoms with Crippen LogP contribution in [-0.2, 0) is 4.79 Å².